The average molecular weight is 283 g/mol. The molecule has 20 heavy (non-hydrogen) atoms. The molecule has 2 heteroatoms. The summed E-state index contributed by atoms with van der Waals surface area (Å²) in [4.78, 5) is 2.70. The molecule has 2 N–H and O–H groups in total. The molecule has 0 amide bonds. The van der Waals surface area contributed by atoms with Crippen molar-refractivity contribution >= 4 is 0 Å². The Labute approximate surface area is 127 Å². The van der Waals surface area contributed by atoms with Crippen LogP contribution in [0, 0.1) is 11.3 Å². The molecule has 0 aromatic heterocycles. The van der Waals surface area contributed by atoms with E-state index >= 15 is 0 Å². The summed E-state index contributed by atoms with van der Waals surface area (Å²) in [5.41, 5.74) is 7.00. The summed E-state index contributed by atoms with van der Waals surface area (Å²) >= 11 is 0. The Morgan fingerprint density at radius 2 is 1.85 bits per heavy atom. The molecule has 2 atom stereocenters. The highest BCUT2D eigenvalue weighted by atomic mass is 15.2. The van der Waals surface area contributed by atoms with Crippen molar-refractivity contribution in [3.05, 3.63) is 0 Å². The van der Waals surface area contributed by atoms with Crippen LogP contribution in [0.5, 0.6) is 0 Å². The lowest BCUT2D eigenvalue weighted by Crippen LogP contribution is -2.54. The third kappa shape index (κ3) is 4.46. The SMILES string of the molecule is CCCCN(CC)C1(CN)CCCC(C(C)(C)C)CC1. The van der Waals surface area contributed by atoms with E-state index in [-0.39, 0.29) is 5.54 Å². The zero-order valence-corrected chi connectivity index (χ0v) is 14.7. The molecular weight excluding hydrogens is 244 g/mol. The average Bonchev–Trinajstić information content (AvgIpc) is 2.63. The van der Waals surface area contributed by atoms with Crippen molar-refractivity contribution in [3.63, 3.8) is 0 Å². The third-order valence-electron chi connectivity index (χ3n) is 5.59. The predicted octanol–water partition coefficient (Wildman–Crippen LogP) is 4.43. The van der Waals surface area contributed by atoms with Gasteiger partial charge in [-0.25, -0.2) is 0 Å². The lowest BCUT2D eigenvalue weighted by Gasteiger charge is -2.43. The molecule has 1 saturated carbocycles. The summed E-state index contributed by atoms with van der Waals surface area (Å²) in [6.45, 7) is 15.0. The van der Waals surface area contributed by atoms with Crippen LogP contribution in [-0.4, -0.2) is 30.1 Å². The fourth-order valence-electron chi connectivity index (χ4n) is 3.98. The van der Waals surface area contributed by atoms with E-state index in [2.05, 4.69) is 39.5 Å². The number of nitrogens with zero attached hydrogens (tertiary/aromatic N) is 1. The largest absolute Gasteiger partial charge is 0.329 e. The van der Waals surface area contributed by atoms with Crippen LogP contribution in [0.25, 0.3) is 0 Å². The fraction of sp³-hybridized carbons (Fsp3) is 1.00. The lowest BCUT2D eigenvalue weighted by atomic mass is 9.76. The fourth-order valence-corrected chi connectivity index (χ4v) is 3.98. The van der Waals surface area contributed by atoms with Gasteiger partial charge in [0.15, 0.2) is 0 Å². The van der Waals surface area contributed by atoms with Gasteiger partial charge in [-0.05, 0) is 56.5 Å². The molecule has 0 aliphatic heterocycles. The van der Waals surface area contributed by atoms with E-state index in [0.29, 0.717) is 5.41 Å². The van der Waals surface area contributed by atoms with Crippen molar-refractivity contribution in [2.24, 2.45) is 17.1 Å². The van der Waals surface area contributed by atoms with Gasteiger partial charge < -0.3 is 5.73 Å². The maximum Gasteiger partial charge on any atom is 0.0331 e. The van der Waals surface area contributed by atoms with Crippen LogP contribution in [-0.2, 0) is 0 Å². The first-order valence-corrected chi connectivity index (χ1v) is 8.84. The summed E-state index contributed by atoms with van der Waals surface area (Å²) in [5, 5.41) is 0. The summed E-state index contributed by atoms with van der Waals surface area (Å²) in [7, 11) is 0. The second-order valence-corrected chi connectivity index (χ2v) is 7.86. The molecule has 0 aromatic rings. The van der Waals surface area contributed by atoms with Crippen LogP contribution in [0.1, 0.15) is 79.6 Å². The number of hydrogen-bond acceptors (Lipinski definition) is 2. The van der Waals surface area contributed by atoms with Gasteiger partial charge in [0.2, 0.25) is 0 Å². The van der Waals surface area contributed by atoms with Crippen LogP contribution in [0.3, 0.4) is 0 Å². The summed E-state index contributed by atoms with van der Waals surface area (Å²) in [6, 6.07) is 0. The van der Waals surface area contributed by atoms with Crippen LogP contribution in [0.2, 0.25) is 0 Å². The molecule has 0 bridgehead atoms. The normalized spacial score (nSPS) is 28.6. The number of likely N-dealkylation sites (N-methyl/N-ethyl adjacent to an activating group) is 1. The topological polar surface area (TPSA) is 29.3 Å². The Kier molecular flexibility index (Phi) is 7.00. The maximum atomic E-state index is 6.27. The lowest BCUT2D eigenvalue weighted by molar-refractivity contribution is 0.0783. The zero-order valence-electron chi connectivity index (χ0n) is 14.7. The molecule has 2 unspecified atom stereocenters. The van der Waals surface area contributed by atoms with Gasteiger partial charge in [-0.2, -0.15) is 0 Å². The van der Waals surface area contributed by atoms with Crippen molar-refractivity contribution in [2.75, 3.05) is 19.6 Å². The third-order valence-corrected chi connectivity index (χ3v) is 5.59. The van der Waals surface area contributed by atoms with Gasteiger partial charge in [-0.3, -0.25) is 4.90 Å². The van der Waals surface area contributed by atoms with E-state index in [4.69, 9.17) is 5.73 Å². The molecule has 0 aromatic carbocycles. The van der Waals surface area contributed by atoms with Crippen LogP contribution < -0.4 is 5.73 Å². The van der Waals surface area contributed by atoms with E-state index in [1.54, 1.807) is 0 Å². The van der Waals surface area contributed by atoms with Crippen LogP contribution in [0.4, 0.5) is 0 Å². The van der Waals surface area contributed by atoms with Gasteiger partial charge >= 0.3 is 0 Å². The van der Waals surface area contributed by atoms with Crippen molar-refractivity contribution < 1.29 is 0 Å². The maximum absolute atomic E-state index is 6.27. The Morgan fingerprint density at radius 3 is 2.35 bits per heavy atom. The Morgan fingerprint density at radius 1 is 1.15 bits per heavy atom. The quantitative estimate of drug-likeness (QED) is 0.730. The first-order valence-electron chi connectivity index (χ1n) is 8.84. The van der Waals surface area contributed by atoms with E-state index in [1.165, 1.54) is 51.5 Å². The van der Waals surface area contributed by atoms with E-state index in [9.17, 15) is 0 Å². The summed E-state index contributed by atoms with van der Waals surface area (Å²) in [6.07, 6.45) is 9.26. The molecular formula is C18H38N2. The molecule has 0 radical (unpaired) electrons. The highest BCUT2D eigenvalue weighted by molar-refractivity contribution is 4.95. The van der Waals surface area contributed by atoms with E-state index in [1.807, 2.05) is 0 Å². The number of rotatable bonds is 6. The minimum Gasteiger partial charge on any atom is -0.329 e. The van der Waals surface area contributed by atoms with Gasteiger partial charge in [0.1, 0.15) is 0 Å². The number of unbranched alkanes of at least 4 members (excludes halogenated alkanes) is 1. The Hall–Kier alpha value is -0.0800. The highest BCUT2D eigenvalue weighted by Crippen LogP contribution is 2.41. The minimum absolute atomic E-state index is 0.282. The van der Waals surface area contributed by atoms with Crippen molar-refractivity contribution in [1.29, 1.82) is 0 Å². The molecule has 0 spiro atoms. The van der Waals surface area contributed by atoms with Gasteiger partial charge in [0.25, 0.3) is 0 Å². The van der Waals surface area contributed by atoms with Crippen molar-refractivity contribution in [3.8, 4) is 0 Å². The summed E-state index contributed by atoms with van der Waals surface area (Å²) in [5.74, 6) is 0.862. The first-order chi connectivity index (χ1) is 9.39. The molecule has 1 fully saturated rings. The number of hydrogen-bond donors (Lipinski definition) is 1. The second kappa shape index (κ2) is 7.79. The second-order valence-electron chi connectivity index (χ2n) is 7.86. The van der Waals surface area contributed by atoms with Crippen LogP contribution in [0.15, 0.2) is 0 Å². The monoisotopic (exact) mass is 282 g/mol. The molecule has 0 heterocycles. The highest BCUT2D eigenvalue weighted by Gasteiger charge is 2.38. The standard InChI is InChI=1S/C18H38N2/c1-6-8-14-20(7-2)18(15-19)12-9-10-16(11-13-18)17(3,4)5/h16H,6-15,19H2,1-5H3. The Bertz CT molecular complexity index is 269. The van der Waals surface area contributed by atoms with Gasteiger partial charge in [0.05, 0.1) is 0 Å². The molecule has 120 valence electrons. The van der Waals surface area contributed by atoms with Gasteiger partial charge in [0, 0.05) is 12.1 Å². The van der Waals surface area contributed by atoms with Crippen molar-refractivity contribution in [1.82, 2.24) is 4.90 Å². The Balaban J connectivity index is 2.77. The minimum atomic E-state index is 0.282. The molecule has 2 nitrogen and oxygen atoms in total. The molecule has 1 aliphatic rings. The predicted molar refractivity (Wildman–Crippen MR) is 90.0 cm³/mol. The van der Waals surface area contributed by atoms with E-state index < -0.39 is 0 Å². The van der Waals surface area contributed by atoms with E-state index in [0.717, 1.165) is 19.0 Å². The first kappa shape index (κ1) is 18.0. The van der Waals surface area contributed by atoms with Gasteiger partial charge in [-0.1, -0.05) is 47.5 Å². The molecule has 0 saturated heterocycles. The molecule has 1 aliphatic carbocycles. The summed E-state index contributed by atoms with van der Waals surface area (Å²) < 4.78 is 0. The molecule has 1 rings (SSSR count). The smallest absolute Gasteiger partial charge is 0.0331 e. The number of nitrogens with two attached hydrogens (primary N) is 1. The van der Waals surface area contributed by atoms with Crippen molar-refractivity contribution in [2.45, 2.75) is 85.1 Å². The van der Waals surface area contributed by atoms with Crippen LogP contribution >= 0.6 is 0 Å². The van der Waals surface area contributed by atoms with Gasteiger partial charge in [-0.15, -0.1) is 0 Å². The zero-order chi connectivity index (χ0) is 15.2.